The summed E-state index contributed by atoms with van der Waals surface area (Å²) < 4.78 is 38.1. The fourth-order valence-electron chi connectivity index (χ4n) is 5.27. The maximum atomic E-state index is 13.1. The topological polar surface area (TPSA) is 240 Å². The van der Waals surface area contributed by atoms with E-state index in [1.807, 2.05) is 6.07 Å². The van der Waals surface area contributed by atoms with Crippen molar-refractivity contribution in [3.8, 4) is 0 Å². The second-order valence-corrected chi connectivity index (χ2v) is 10.9. The zero-order valence-corrected chi connectivity index (χ0v) is 25.1. The molecule has 16 heteroatoms. The number of aliphatic hydroxyl groups is 7. The Bertz CT molecular complexity index is 1220. The van der Waals surface area contributed by atoms with E-state index in [-0.39, 0.29) is 17.8 Å². The Hall–Kier alpha value is -3.00. The van der Waals surface area contributed by atoms with E-state index in [1.165, 1.54) is 6.08 Å². The number of carbonyl (C=O) groups is 2. The van der Waals surface area contributed by atoms with E-state index in [0.29, 0.717) is 0 Å². The van der Waals surface area contributed by atoms with Crippen molar-refractivity contribution in [2.24, 2.45) is 5.92 Å². The zero-order chi connectivity index (χ0) is 33.5. The van der Waals surface area contributed by atoms with E-state index in [0.717, 1.165) is 18.9 Å². The summed E-state index contributed by atoms with van der Waals surface area (Å²) in [5, 5.41) is 71.3. The third-order valence-corrected chi connectivity index (χ3v) is 7.93. The number of benzene rings is 1. The minimum Gasteiger partial charge on any atom is -0.468 e. The van der Waals surface area contributed by atoms with Crippen molar-refractivity contribution in [3.63, 3.8) is 0 Å². The summed E-state index contributed by atoms with van der Waals surface area (Å²) in [6, 6.07) is 8.97. The van der Waals surface area contributed by atoms with Crippen molar-refractivity contribution in [2.75, 3.05) is 20.3 Å². The highest BCUT2D eigenvalue weighted by Gasteiger charge is 2.48. The second-order valence-electron chi connectivity index (χ2n) is 10.9. The summed E-state index contributed by atoms with van der Waals surface area (Å²) in [7, 11) is 1.13. The van der Waals surface area contributed by atoms with Crippen LogP contribution in [-0.2, 0) is 49.4 Å². The Balaban J connectivity index is 1.42. The van der Waals surface area contributed by atoms with Crippen molar-refractivity contribution in [3.05, 3.63) is 59.4 Å². The van der Waals surface area contributed by atoms with Crippen LogP contribution in [0.5, 0.6) is 0 Å². The second kappa shape index (κ2) is 16.2. The Labute approximate surface area is 263 Å². The molecule has 0 saturated carbocycles. The first-order valence-electron chi connectivity index (χ1n) is 14.6. The first-order valence-corrected chi connectivity index (χ1v) is 14.6. The van der Waals surface area contributed by atoms with Crippen LogP contribution < -0.4 is 0 Å². The first kappa shape index (κ1) is 35.8. The molecule has 4 rings (SSSR count). The van der Waals surface area contributed by atoms with Gasteiger partial charge in [0, 0.05) is 11.5 Å². The molecule has 12 atom stereocenters. The van der Waals surface area contributed by atoms with Gasteiger partial charge < -0.3 is 68.9 Å². The third kappa shape index (κ3) is 8.10. The highest BCUT2D eigenvalue weighted by molar-refractivity contribution is 5.90. The Morgan fingerprint density at radius 2 is 1.50 bits per heavy atom. The van der Waals surface area contributed by atoms with E-state index in [4.69, 9.17) is 33.2 Å². The highest BCUT2D eigenvalue weighted by Crippen LogP contribution is 2.36. The van der Waals surface area contributed by atoms with Gasteiger partial charge in [0.15, 0.2) is 12.6 Å². The molecule has 2 fully saturated rings. The summed E-state index contributed by atoms with van der Waals surface area (Å²) in [6.45, 7) is 0.354. The van der Waals surface area contributed by atoms with E-state index >= 15 is 0 Å². The van der Waals surface area contributed by atoms with Crippen molar-refractivity contribution >= 4 is 11.9 Å². The zero-order valence-electron chi connectivity index (χ0n) is 25.1. The number of methoxy groups -OCH3 is 1. The number of hydrogen-bond donors (Lipinski definition) is 7. The van der Waals surface area contributed by atoms with Gasteiger partial charge in [-0.25, -0.2) is 4.79 Å². The minimum absolute atomic E-state index is 0.0305. The van der Waals surface area contributed by atoms with Crippen LogP contribution in [-0.4, -0.2) is 136 Å². The van der Waals surface area contributed by atoms with Crippen LogP contribution >= 0.6 is 0 Å². The SMILES string of the molecule is C/C=C1/[C@H](O[C@@H]2O[C@H](CO)[C@@H](O)[C@H](O)[C@H]2O)OC=C(C(=O)OC)[C@H]1CC(=O)OC[C@H]1O[C@@H](OCc2ccccc2)[C@H](O)[C@@H](O)[C@@H]1O. The Kier molecular flexibility index (Phi) is 12.6. The summed E-state index contributed by atoms with van der Waals surface area (Å²) in [5.41, 5.74) is 0.892. The van der Waals surface area contributed by atoms with Gasteiger partial charge in [0.2, 0.25) is 6.29 Å². The van der Waals surface area contributed by atoms with Crippen LogP contribution in [0.2, 0.25) is 0 Å². The van der Waals surface area contributed by atoms with Crippen molar-refractivity contribution in [2.45, 2.75) is 87.7 Å². The summed E-state index contributed by atoms with van der Waals surface area (Å²) in [6.07, 6.45) is -14.8. The summed E-state index contributed by atoms with van der Waals surface area (Å²) in [5.74, 6) is -2.74. The van der Waals surface area contributed by atoms with E-state index < -0.39 is 105 Å². The van der Waals surface area contributed by atoms with Gasteiger partial charge in [-0.05, 0) is 12.5 Å². The van der Waals surface area contributed by atoms with Crippen LogP contribution in [0.1, 0.15) is 18.9 Å². The molecule has 3 aliphatic rings. The smallest absolute Gasteiger partial charge is 0.337 e. The van der Waals surface area contributed by atoms with E-state index in [2.05, 4.69) is 0 Å². The lowest BCUT2D eigenvalue weighted by Crippen LogP contribution is -2.60. The predicted molar refractivity (Wildman–Crippen MR) is 151 cm³/mol. The molecule has 1 aromatic carbocycles. The molecule has 2 saturated heterocycles. The Morgan fingerprint density at radius 1 is 0.870 bits per heavy atom. The molecular weight excluding hydrogens is 616 g/mol. The molecule has 46 heavy (non-hydrogen) atoms. The van der Waals surface area contributed by atoms with Gasteiger partial charge >= 0.3 is 11.9 Å². The maximum absolute atomic E-state index is 13.1. The highest BCUT2D eigenvalue weighted by atomic mass is 16.8. The number of aliphatic hydroxyl groups excluding tert-OH is 7. The lowest BCUT2D eigenvalue weighted by molar-refractivity contribution is -0.327. The van der Waals surface area contributed by atoms with Crippen molar-refractivity contribution < 1.29 is 78.5 Å². The van der Waals surface area contributed by atoms with Gasteiger partial charge in [0.05, 0.1) is 38.6 Å². The number of esters is 2. The van der Waals surface area contributed by atoms with Crippen LogP contribution in [0, 0.1) is 5.92 Å². The lowest BCUT2D eigenvalue weighted by atomic mass is 9.86. The van der Waals surface area contributed by atoms with Gasteiger partial charge in [-0.3, -0.25) is 4.79 Å². The van der Waals surface area contributed by atoms with Gasteiger partial charge in [0.1, 0.15) is 55.4 Å². The minimum atomic E-state index is -1.75. The van der Waals surface area contributed by atoms with Gasteiger partial charge in [-0.1, -0.05) is 36.4 Å². The molecule has 16 nitrogen and oxygen atoms in total. The molecule has 3 heterocycles. The molecule has 0 amide bonds. The van der Waals surface area contributed by atoms with Crippen molar-refractivity contribution in [1.82, 2.24) is 0 Å². The van der Waals surface area contributed by atoms with Gasteiger partial charge in [-0.2, -0.15) is 0 Å². The number of rotatable bonds is 11. The van der Waals surface area contributed by atoms with Crippen LogP contribution in [0.3, 0.4) is 0 Å². The normalized spacial score (nSPS) is 37.2. The fourth-order valence-corrected chi connectivity index (χ4v) is 5.27. The number of carbonyl (C=O) groups excluding carboxylic acids is 2. The summed E-state index contributed by atoms with van der Waals surface area (Å²) in [4.78, 5) is 25.7. The molecule has 1 aromatic rings. The quantitative estimate of drug-likeness (QED) is 0.0982. The molecule has 0 unspecified atom stereocenters. The van der Waals surface area contributed by atoms with Gasteiger partial charge in [-0.15, -0.1) is 0 Å². The number of ether oxygens (including phenoxy) is 7. The largest absolute Gasteiger partial charge is 0.468 e. The number of allylic oxidation sites excluding steroid dienone is 1. The first-order chi connectivity index (χ1) is 22.0. The van der Waals surface area contributed by atoms with Crippen LogP contribution in [0.15, 0.2) is 53.8 Å². The molecule has 256 valence electrons. The maximum Gasteiger partial charge on any atom is 0.337 e. The molecule has 0 spiro atoms. The van der Waals surface area contributed by atoms with Crippen molar-refractivity contribution in [1.29, 1.82) is 0 Å². The molecule has 0 aromatic heterocycles. The lowest BCUT2D eigenvalue weighted by Gasteiger charge is -2.42. The molecule has 0 radical (unpaired) electrons. The Morgan fingerprint density at radius 3 is 2.13 bits per heavy atom. The predicted octanol–water partition coefficient (Wildman–Crippen LogP) is -2.26. The molecule has 0 aliphatic carbocycles. The summed E-state index contributed by atoms with van der Waals surface area (Å²) >= 11 is 0. The van der Waals surface area contributed by atoms with E-state index in [1.54, 1.807) is 31.2 Å². The van der Waals surface area contributed by atoms with E-state index in [9.17, 15) is 45.3 Å². The molecule has 3 aliphatic heterocycles. The molecule has 7 N–H and O–H groups in total. The average molecular weight is 657 g/mol. The number of hydrogen-bond acceptors (Lipinski definition) is 16. The monoisotopic (exact) mass is 656 g/mol. The molecular formula is C30H40O16. The van der Waals surface area contributed by atoms with Gasteiger partial charge in [0.25, 0.3) is 0 Å². The van der Waals surface area contributed by atoms with Crippen LogP contribution in [0.25, 0.3) is 0 Å². The van der Waals surface area contributed by atoms with Crippen LogP contribution in [0.4, 0.5) is 0 Å². The average Bonchev–Trinajstić information content (AvgIpc) is 3.06. The fraction of sp³-hybridized carbons (Fsp3) is 0.600. The third-order valence-electron chi connectivity index (χ3n) is 7.93. The molecule has 0 bridgehead atoms. The standard InChI is InChI=1S/C30H40O16/c1-3-15-16(17(27(39)40-2)12-43-28(15)46-30-26(38)23(35)21(33)18(10-31)44-30)9-20(32)41-13-19-22(34)24(36)25(37)29(45-19)42-11-14-7-5-4-6-8-14/h3-8,12,16,18-19,21-26,28-31,33-38H,9-11,13H2,1-2H3/b15-3+/t16-,18+,19+,21+,22+,23-,24-,25+,26+,28-,29+,30-/m0/s1.